The molecule has 0 radical (unpaired) electrons. The van der Waals surface area contributed by atoms with Gasteiger partial charge in [-0.2, -0.15) is 0 Å². The van der Waals surface area contributed by atoms with Gasteiger partial charge in [-0.25, -0.2) is 4.79 Å². The predicted octanol–water partition coefficient (Wildman–Crippen LogP) is 0.957. The van der Waals surface area contributed by atoms with E-state index in [4.69, 9.17) is 9.84 Å². The summed E-state index contributed by atoms with van der Waals surface area (Å²) in [5.74, 6) is -0.616. The number of aliphatic hydroxyl groups excluding tert-OH is 4. The molecule has 8 nitrogen and oxygen atoms in total. The Morgan fingerprint density at radius 2 is 1.89 bits per heavy atom. The van der Waals surface area contributed by atoms with Crippen LogP contribution in [0.4, 0.5) is 0 Å². The fourth-order valence-electron chi connectivity index (χ4n) is 3.02. The summed E-state index contributed by atoms with van der Waals surface area (Å²) >= 11 is 0. The number of carbonyl (C=O) groups is 1. The molecule has 144 valence electrons. The van der Waals surface area contributed by atoms with Gasteiger partial charge in [0.05, 0.1) is 32.6 Å². The maximum absolute atomic E-state index is 12.1. The van der Waals surface area contributed by atoms with E-state index in [0.29, 0.717) is 39.1 Å². The molecular formula is C19H22N2O6. The zero-order valence-electron chi connectivity index (χ0n) is 14.9. The van der Waals surface area contributed by atoms with E-state index in [2.05, 4.69) is 16.6 Å². The molecule has 0 bridgehead atoms. The van der Waals surface area contributed by atoms with E-state index in [-0.39, 0.29) is 18.9 Å². The molecule has 0 aliphatic carbocycles. The van der Waals surface area contributed by atoms with Crippen molar-refractivity contribution in [2.24, 2.45) is 4.99 Å². The highest BCUT2D eigenvalue weighted by atomic mass is 16.5. The van der Waals surface area contributed by atoms with Crippen LogP contribution in [0, 0.1) is 0 Å². The van der Waals surface area contributed by atoms with Crippen LogP contribution in [0.15, 0.2) is 23.7 Å². The van der Waals surface area contributed by atoms with Crippen LogP contribution in [0.5, 0.6) is 0 Å². The molecule has 5 N–H and O–H groups in total. The van der Waals surface area contributed by atoms with Crippen LogP contribution >= 0.6 is 0 Å². The quantitative estimate of drug-likeness (QED) is 0.345. The van der Waals surface area contributed by atoms with Gasteiger partial charge in [-0.15, -0.1) is 0 Å². The van der Waals surface area contributed by atoms with Gasteiger partial charge in [-0.1, -0.05) is 24.8 Å². The summed E-state index contributed by atoms with van der Waals surface area (Å²) in [6, 6.07) is 3.30. The van der Waals surface area contributed by atoms with Crippen molar-refractivity contribution < 1.29 is 30.0 Å². The Morgan fingerprint density at radius 3 is 2.41 bits per heavy atom. The average Bonchev–Trinajstić information content (AvgIpc) is 3.08. The number of hydrogen-bond acceptors (Lipinski definition) is 7. The highest BCUT2D eigenvalue weighted by Gasteiger charge is 2.24. The molecule has 0 unspecified atom stereocenters. The molecule has 0 spiro atoms. The molecule has 0 saturated heterocycles. The molecule has 0 atom stereocenters. The molecular weight excluding hydrogens is 352 g/mol. The highest BCUT2D eigenvalue weighted by Crippen LogP contribution is 2.36. The summed E-state index contributed by atoms with van der Waals surface area (Å²) in [6.07, 6.45) is 2.82. The van der Waals surface area contributed by atoms with Crippen LogP contribution in [-0.4, -0.2) is 51.4 Å². The molecule has 0 aliphatic heterocycles. The molecule has 2 rings (SSSR count). The highest BCUT2D eigenvalue weighted by molar-refractivity contribution is 6.02. The van der Waals surface area contributed by atoms with Crippen molar-refractivity contribution in [3.63, 3.8) is 0 Å². The SMILES string of the molecule is C=Cc1c(C(=O)OC)[nH]c(C=NCO)c1-c1ccc(CO)c(CO)c1CO. The number of methoxy groups -OCH3 is 1. The minimum atomic E-state index is -0.616. The standard InChI is InChI=1S/C19H22N2O6/c1-3-12-17(16(6-20-10-25)21-18(12)19(26)27-2)13-5-4-11(7-22)14(8-23)15(13)9-24/h3-6,21-25H,1,7-10H2,2H3. The predicted molar refractivity (Wildman–Crippen MR) is 100 cm³/mol. The number of H-pyrrole nitrogens is 1. The first-order valence-electron chi connectivity index (χ1n) is 8.11. The van der Waals surface area contributed by atoms with Gasteiger partial charge in [-0.3, -0.25) is 4.99 Å². The molecule has 1 aromatic heterocycles. The van der Waals surface area contributed by atoms with Gasteiger partial charge >= 0.3 is 5.97 Å². The third kappa shape index (κ3) is 3.83. The van der Waals surface area contributed by atoms with Gasteiger partial charge < -0.3 is 30.1 Å². The number of aliphatic hydroxyl groups is 4. The van der Waals surface area contributed by atoms with E-state index in [1.54, 1.807) is 12.1 Å². The lowest BCUT2D eigenvalue weighted by Crippen LogP contribution is -2.05. The topological polar surface area (TPSA) is 135 Å². The van der Waals surface area contributed by atoms with Gasteiger partial charge in [-0.05, 0) is 22.3 Å². The number of aliphatic imine (C=N–C) groups is 1. The minimum Gasteiger partial charge on any atom is -0.464 e. The molecule has 8 heteroatoms. The third-order valence-electron chi connectivity index (χ3n) is 4.25. The number of ether oxygens (including phenoxy) is 1. The van der Waals surface area contributed by atoms with Crippen molar-refractivity contribution in [1.82, 2.24) is 4.98 Å². The summed E-state index contributed by atoms with van der Waals surface area (Å²) in [6.45, 7) is 2.23. The van der Waals surface area contributed by atoms with E-state index >= 15 is 0 Å². The van der Waals surface area contributed by atoms with Crippen molar-refractivity contribution in [2.45, 2.75) is 19.8 Å². The molecule has 27 heavy (non-hydrogen) atoms. The summed E-state index contributed by atoms with van der Waals surface area (Å²) in [5.41, 5.74) is 3.29. The Hall–Kier alpha value is -2.78. The van der Waals surface area contributed by atoms with Crippen molar-refractivity contribution in [3.05, 3.63) is 52.4 Å². The average molecular weight is 374 g/mol. The summed E-state index contributed by atoms with van der Waals surface area (Å²) in [7, 11) is 1.25. The lowest BCUT2D eigenvalue weighted by Gasteiger charge is -2.16. The van der Waals surface area contributed by atoms with E-state index in [1.807, 2.05) is 0 Å². The molecule has 0 fully saturated rings. The number of nitrogens with zero attached hydrogens (tertiary/aromatic N) is 1. The van der Waals surface area contributed by atoms with Crippen LogP contribution in [0.2, 0.25) is 0 Å². The number of hydrogen-bond donors (Lipinski definition) is 5. The molecule has 1 aromatic carbocycles. The van der Waals surface area contributed by atoms with E-state index in [0.717, 1.165) is 0 Å². The number of benzene rings is 1. The summed E-state index contributed by atoms with van der Waals surface area (Å²) in [4.78, 5) is 18.8. The van der Waals surface area contributed by atoms with Crippen LogP contribution in [-0.2, 0) is 24.6 Å². The second-order valence-electron chi connectivity index (χ2n) is 5.55. The fraction of sp³-hybridized carbons (Fsp3) is 0.263. The van der Waals surface area contributed by atoms with Crippen LogP contribution in [0.25, 0.3) is 17.2 Å². The van der Waals surface area contributed by atoms with Gasteiger partial charge in [0, 0.05) is 17.3 Å². The minimum absolute atomic E-state index is 0.141. The van der Waals surface area contributed by atoms with Crippen molar-refractivity contribution in [1.29, 1.82) is 0 Å². The Labute approximate surface area is 156 Å². The zero-order valence-corrected chi connectivity index (χ0v) is 14.9. The smallest absolute Gasteiger partial charge is 0.355 e. The van der Waals surface area contributed by atoms with E-state index in [1.165, 1.54) is 19.4 Å². The lowest BCUT2D eigenvalue weighted by atomic mass is 9.90. The first-order valence-corrected chi connectivity index (χ1v) is 8.11. The normalized spacial score (nSPS) is 11.1. The van der Waals surface area contributed by atoms with Crippen molar-refractivity contribution >= 4 is 18.3 Å². The van der Waals surface area contributed by atoms with Gasteiger partial charge in [0.25, 0.3) is 0 Å². The Bertz CT molecular complexity index is 870. The number of aromatic amines is 1. The Kier molecular flexibility index (Phi) is 7.03. The zero-order chi connectivity index (χ0) is 20.0. The number of esters is 1. The summed E-state index contributed by atoms with van der Waals surface area (Å²) < 4.78 is 4.79. The molecule has 0 aliphatic rings. The number of rotatable bonds is 8. The maximum atomic E-state index is 12.1. The molecule has 0 amide bonds. The first-order chi connectivity index (χ1) is 13.1. The third-order valence-corrected chi connectivity index (χ3v) is 4.25. The van der Waals surface area contributed by atoms with Gasteiger partial charge in [0.2, 0.25) is 0 Å². The number of nitrogens with one attached hydrogen (secondary N) is 1. The van der Waals surface area contributed by atoms with Gasteiger partial charge in [0.1, 0.15) is 12.4 Å². The number of carbonyl (C=O) groups excluding carboxylic acids is 1. The Morgan fingerprint density at radius 1 is 1.19 bits per heavy atom. The van der Waals surface area contributed by atoms with Crippen molar-refractivity contribution in [2.75, 3.05) is 13.8 Å². The Balaban J connectivity index is 2.88. The van der Waals surface area contributed by atoms with Crippen LogP contribution in [0.1, 0.15) is 38.4 Å². The lowest BCUT2D eigenvalue weighted by molar-refractivity contribution is 0.0594. The summed E-state index contributed by atoms with van der Waals surface area (Å²) in [5, 5.41) is 38.1. The van der Waals surface area contributed by atoms with E-state index in [9.17, 15) is 20.1 Å². The number of aromatic nitrogens is 1. The monoisotopic (exact) mass is 374 g/mol. The maximum Gasteiger partial charge on any atom is 0.355 e. The molecule has 2 aromatic rings. The van der Waals surface area contributed by atoms with Gasteiger partial charge in [0.15, 0.2) is 0 Å². The van der Waals surface area contributed by atoms with E-state index < -0.39 is 19.3 Å². The largest absolute Gasteiger partial charge is 0.464 e. The second kappa shape index (κ2) is 9.24. The van der Waals surface area contributed by atoms with Crippen LogP contribution in [0.3, 0.4) is 0 Å². The second-order valence-corrected chi connectivity index (χ2v) is 5.55. The first kappa shape index (κ1) is 20.5. The fourth-order valence-corrected chi connectivity index (χ4v) is 3.02. The van der Waals surface area contributed by atoms with Crippen molar-refractivity contribution in [3.8, 4) is 11.1 Å². The molecule has 0 saturated carbocycles. The molecule has 1 heterocycles. The van der Waals surface area contributed by atoms with Crippen LogP contribution < -0.4 is 0 Å².